The fraction of sp³-hybridized carbons (Fsp3) is 0.100. The van der Waals surface area contributed by atoms with Gasteiger partial charge in [0.1, 0.15) is 5.82 Å². The average molecular weight is 256 g/mol. The van der Waals surface area contributed by atoms with Crippen LogP contribution in [0.5, 0.6) is 0 Å². The van der Waals surface area contributed by atoms with Gasteiger partial charge in [-0.05, 0) is 23.0 Å². The van der Waals surface area contributed by atoms with Crippen LogP contribution in [0.3, 0.4) is 0 Å². The first-order valence-electron chi connectivity index (χ1n) is 3.80. The normalized spacial score (nSPS) is 8.79. The Hall–Kier alpha value is -1.34. The number of benzene rings is 1. The molecule has 0 fully saturated rings. The van der Waals surface area contributed by atoms with Crippen LogP contribution in [0.1, 0.15) is 0 Å². The Bertz CT molecular complexity index is 408. The molecule has 0 saturated carbocycles. The lowest BCUT2D eigenvalue weighted by Gasteiger charge is -2.13. The predicted molar refractivity (Wildman–Crippen MR) is 56.5 cm³/mol. The van der Waals surface area contributed by atoms with E-state index in [2.05, 4.69) is 26.7 Å². The maximum atomic E-state index is 12.8. The first-order chi connectivity index (χ1) is 6.65. The van der Waals surface area contributed by atoms with Gasteiger partial charge in [0, 0.05) is 34.6 Å². The molecular formula is C10H7BrFNO. The van der Waals surface area contributed by atoms with Crippen LogP contribution in [0, 0.1) is 16.6 Å². The highest BCUT2D eigenvalue weighted by molar-refractivity contribution is 9.12. The molecule has 4 heteroatoms. The van der Waals surface area contributed by atoms with Gasteiger partial charge in [0.2, 0.25) is 0 Å². The van der Waals surface area contributed by atoms with Crippen molar-refractivity contribution in [2.24, 2.45) is 0 Å². The Morgan fingerprint density at radius 3 is 2.86 bits per heavy atom. The van der Waals surface area contributed by atoms with Gasteiger partial charge >= 0.3 is 5.91 Å². The fourth-order valence-electron chi connectivity index (χ4n) is 0.926. The molecule has 0 radical (unpaired) electrons. The second-order valence-electron chi connectivity index (χ2n) is 2.56. The van der Waals surface area contributed by atoms with Gasteiger partial charge in [-0.25, -0.2) is 4.39 Å². The van der Waals surface area contributed by atoms with E-state index in [1.165, 1.54) is 30.1 Å². The van der Waals surface area contributed by atoms with E-state index in [1.807, 2.05) is 0 Å². The molecule has 2 nitrogen and oxygen atoms in total. The topological polar surface area (TPSA) is 20.3 Å². The minimum absolute atomic E-state index is 0.381. The second kappa shape index (κ2) is 4.77. The van der Waals surface area contributed by atoms with E-state index in [0.29, 0.717) is 5.69 Å². The highest BCUT2D eigenvalue weighted by Gasteiger charge is 2.07. The molecule has 0 saturated heterocycles. The van der Waals surface area contributed by atoms with Gasteiger partial charge in [0.25, 0.3) is 0 Å². The molecule has 72 valence electrons. The summed E-state index contributed by atoms with van der Waals surface area (Å²) in [5.74, 6) is 1.52. The summed E-state index contributed by atoms with van der Waals surface area (Å²) in [5, 5.41) is 0. The van der Waals surface area contributed by atoms with Gasteiger partial charge in [-0.2, -0.15) is 0 Å². The summed E-state index contributed by atoms with van der Waals surface area (Å²) in [6.07, 6.45) is 0. The van der Waals surface area contributed by atoms with E-state index in [1.54, 1.807) is 6.07 Å². The smallest absolute Gasteiger partial charge is 0.303 e. The van der Waals surface area contributed by atoms with Gasteiger partial charge in [-0.15, -0.1) is 0 Å². The molecule has 0 N–H and O–H groups in total. The number of rotatable bonds is 1. The van der Waals surface area contributed by atoms with Crippen LogP contribution < -0.4 is 4.90 Å². The Morgan fingerprint density at radius 1 is 1.57 bits per heavy atom. The van der Waals surface area contributed by atoms with Crippen LogP contribution in [0.15, 0.2) is 24.3 Å². The number of nitrogens with zero attached hydrogens (tertiary/aromatic N) is 1. The average Bonchev–Trinajstić information content (AvgIpc) is 2.17. The third-order valence-corrected chi connectivity index (χ3v) is 1.85. The van der Waals surface area contributed by atoms with Crippen molar-refractivity contribution in [2.45, 2.75) is 0 Å². The molecule has 0 aliphatic heterocycles. The van der Waals surface area contributed by atoms with E-state index in [4.69, 9.17) is 0 Å². The summed E-state index contributed by atoms with van der Waals surface area (Å²) < 4.78 is 12.8. The van der Waals surface area contributed by atoms with Crippen molar-refractivity contribution >= 4 is 27.5 Å². The summed E-state index contributed by atoms with van der Waals surface area (Å²) in [5.41, 5.74) is 0.477. The minimum atomic E-state index is -0.396. The molecule has 14 heavy (non-hydrogen) atoms. The molecule has 0 aliphatic rings. The Balaban J connectivity index is 2.92. The SMILES string of the molecule is CN(C(=O)C#CBr)c1cccc(F)c1. The van der Waals surface area contributed by atoms with Crippen molar-refractivity contribution < 1.29 is 9.18 Å². The number of carbonyl (C=O) groups is 1. The zero-order valence-electron chi connectivity index (χ0n) is 7.42. The number of anilines is 1. The molecule has 1 aromatic rings. The summed E-state index contributed by atoms with van der Waals surface area (Å²) in [6, 6.07) is 5.76. The summed E-state index contributed by atoms with van der Waals surface area (Å²) in [6.45, 7) is 0. The van der Waals surface area contributed by atoms with Crippen molar-refractivity contribution in [3.63, 3.8) is 0 Å². The number of halogens is 2. The number of hydrogen-bond acceptors (Lipinski definition) is 1. The van der Waals surface area contributed by atoms with Crippen LogP contribution in [-0.4, -0.2) is 13.0 Å². The standard InChI is InChI=1S/C10H7BrFNO/c1-13(10(14)5-6-11)9-4-2-3-8(12)7-9/h2-4,7H,1H3. The molecule has 0 unspecified atom stereocenters. The molecule has 1 rings (SSSR count). The fourth-order valence-corrected chi connectivity index (χ4v) is 1.10. The molecule has 0 aromatic heterocycles. The molecule has 0 spiro atoms. The highest BCUT2D eigenvalue weighted by Crippen LogP contribution is 2.13. The lowest BCUT2D eigenvalue weighted by molar-refractivity contribution is -0.113. The monoisotopic (exact) mass is 255 g/mol. The van der Waals surface area contributed by atoms with Crippen molar-refractivity contribution in [1.29, 1.82) is 0 Å². The van der Waals surface area contributed by atoms with Crippen LogP contribution >= 0.6 is 15.9 Å². The van der Waals surface area contributed by atoms with E-state index >= 15 is 0 Å². The van der Waals surface area contributed by atoms with Crippen molar-refractivity contribution in [2.75, 3.05) is 11.9 Å². The third-order valence-electron chi connectivity index (χ3n) is 1.65. The van der Waals surface area contributed by atoms with Crippen LogP contribution in [0.25, 0.3) is 0 Å². The zero-order chi connectivity index (χ0) is 10.6. The maximum Gasteiger partial charge on any atom is 0.303 e. The van der Waals surface area contributed by atoms with Crippen LogP contribution in [0.4, 0.5) is 10.1 Å². The van der Waals surface area contributed by atoms with Gasteiger partial charge < -0.3 is 4.90 Å². The lowest BCUT2D eigenvalue weighted by atomic mass is 10.3. The second-order valence-corrected chi connectivity index (χ2v) is 2.96. The van der Waals surface area contributed by atoms with Gasteiger partial charge in [0.15, 0.2) is 0 Å². The lowest BCUT2D eigenvalue weighted by Crippen LogP contribution is -2.24. The molecule has 0 atom stereocenters. The van der Waals surface area contributed by atoms with Crippen LogP contribution in [0.2, 0.25) is 0 Å². The summed E-state index contributed by atoms with van der Waals surface area (Å²) >= 11 is 2.82. The number of carbonyl (C=O) groups excluding carboxylic acids is 1. The van der Waals surface area contributed by atoms with Gasteiger partial charge in [0.05, 0.1) is 0 Å². The Morgan fingerprint density at radius 2 is 2.29 bits per heavy atom. The molecule has 0 heterocycles. The molecule has 1 amide bonds. The minimum Gasteiger partial charge on any atom is -0.305 e. The molecule has 0 bridgehead atoms. The molecular weight excluding hydrogens is 249 g/mol. The Kier molecular flexibility index (Phi) is 3.66. The zero-order valence-corrected chi connectivity index (χ0v) is 9.01. The molecule has 1 aromatic carbocycles. The predicted octanol–water partition coefficient (Wildman–Crippen LogP) is 2.14. The van der Waals surface area contributed by atoms with E-state index in [-0.39, 0.29) is 5.82 Å². The quantitative estimate of drug-likeness (QED) is 0.705. The Labute approximate surface area is 89.8 Å². The first kappa shape index (κ1) is 10.7. The third kappa shape index (κ3) is 2.57. The van der Waals surface area contributed by atoms with Gasteiger partial charge in [-0.1, -0.05) is 6.07 Å². The van der Waals surface area contributed by atoms with Gasteiger partial charge in [-0.3, -0.25) is 4.79 Å². The van der Waals surface area contributed by atoms with E-state index in [0.717, 1.165) is 0 Å². The summed E-state index contributed by atoms with van der Waals surface area (Å²) in [4.78, 5) is 14.8. The van der Waals surface area contributed by atoms with Crippen molar-refractivity contribution in [1.82, 2.24) is 0 Å². The maximum absolute atomic E-state index is 12.8. The first-order valence-corrected chi connectivity index (χ1v) is 4.59. The number of hydrogen-bond donors (Lipinski definition) is 0. The molecule has 0 aliphatic carbocycles. The van der Waals surface area contributed by atoms with Crippen molar-refractivity contribution in [3.8, 4) is 10.8 Å². The summed E-state index contributed by atoms with van der Waals surface area (Å²) in [7, 11) is 1.54. The van der Waals surface area contributed by atoms with E-state index < -0.39 is 5.91 Å². The van der Waals surface area contributed by atoms with Crippen molar-refractivity contribution in [3.05, 3.63) is 30.1 Å². The van der Waals surface area contributed by atoms with Crippen LogP contribution in [-0.2, 0) is 4.79 Å². The number of amides is 1. The highest BCUT2D eigenvalue weighted by atomic mass is 79.9. The largest absolute Gasteiger partial charge is 0.305 e. The van der Waals surface area contributed by atoms with E-state index in [9.17, 15) is 9.18 Å².